The zero-order valence-electron chi connectivity index (χ0n) is 22.1. The average Bonchev–Trinajstić information content (AvgIpc) is 3.54. The molecule has 3 rings (SSSR count). The molecule has 4 unspecified atom stereocenters. The van der Waals surface area contributed by atoms with Gasteiger partial charge in [-0.25, -0.2) is 0 Å². The van der Waals surface area contributed by atoms with E-state index in [2.05, 4.69) is 20.1 Å². The Morgan fingerprint density at radius 2 is 1.12 bits per heavy atom. The number of rotatable bonds is 14. The second-order valence-electron chi connectivity index (χ2n) is 9.20. The number of carbonyl (C=O) groups excluding carboxylic acids is 2. The maximum Gasteiger partial charge on any atom is 0.302 e. The number of ether oxygens (including phenoxy) is 4. The summed E-state index contributed by atoms with van der Waals surface area (Å²) in [6.07, 6.45) is 9.53. The summed E-state index contributed by atoms with van der Waals surface area (Å²) in [7, 11) is 0. The van der Waals surface area contributed by atoms with Crippen LogP contribution in [0.1, 0.15) is 66.2 Å². The monoisotopic (exact) mass is 486 g/mol. The quantitative estimate of drug-likeness (QED) is 0.286. The van der Waals surface area contributed by atoms with Gasteiger partial charge in [0.1, 0.15) is 13.2 Å². The normalized spacial score (nSPS) is 23.9. The van der Waals surface area contributed by atoms with E-state index >= 15 is 0 Å². The van der Waals surface area contributed by atoms with Gasteiger partial charge in [-0.2, -0.15) is 0 Å². The average molecular weight is 487 g/mol. The van der Waals surface area contributed by atoms with Crippen LogP contribution in [0, 0.1) is 23.7 Å². The predicted octanol–water partition coefficient (Wildman–Crippen LogP) is 3.18. The highest BCUT2D eigenvalue weighted by Gasteiger charge is 2.48. The van der Waals surface area contributed by atoms with Gasteiger partial charge in [-0.05, 0) is 68.9 Å². The lowest BCUT2D eigenvalue weighted by molar-refractivity contribution is -0.143. The van der Waals surface area contributed by atoms with Crippen molar-refractivity contribution in [3.05, 3.63) is 0 Å². The van der Waals surface area contributed by atoms with Crippen LogP contribution in [-0.2, 0) is 28.5 Å². The summed E-state index contributed by atoms with van der Waals surface area (Å²) >= 11 is 0. The molecule has 3 aliphatic rings. The first kappa shape index (κ1) is 30.8. The van der Waals surface area contributed by atoms with Crippen LogP contribution >= 0.6 is 0 Å². The molecule has 0 saturated heterocycles. The van der Waals surface area contributed by atoms with Crippen molar-refractivity contribution >= 4 is 11.9 Å². The first-order chi connectivity index (χ1) is 16.5. The minimum Gasteiger partial charge on any atom is -0.463 e. The highest BCUT2D eigenvalue weighted by Crippen LogP contribution is 2.58. The molecular weight excluding hydrogens is 436 g/mol. The molecule has 4 atom stereocenters. The zero-order chi connectivity index (χ0) is 25.0. The Morgan fingerprint density at radius 3 is 1.50 bits per heavy atom. The number of carbonyl (C=O) groups is 2. The van der Waals surface area contributed by atoms with Crippen LogP contribution in [0.5, 0.6) is 0 Å². The first-order valence-corrected chi connectivity index (χ1v) is 13.3. The minimum atomic E-state index is -0.259. The molecule has 200 valence electrons. The molecule has 0 radical (unpaired) electrons. The summed E-state index contributed by atoms with van der Waals surface area (Å²) < 4.78 is 19.6. The third-order valence-corrected chi connectivity index (χ3v) is 6.76. The van der Waals surface area contributed by atoms with Gasteiger partial charge in [0.25, 0.3) is 0 Å². The summed E-state index contributed by atoms with van der Waals surface area (Å²) in [5.41, 5.74) is 0. The topological polar surface area (TPSA) is 95.1 Å². The molecular formula is C26H50N2O6. The van der Waals surface area contributed by atoms with E-state index in [1.807, 2.05) is 13.8 Å². The molecule has 0 aromatic carbocycles. The van der Waals surface area contributed by atoms with Crippen LogP contribution in [-0.4, -0.2) is 77.8 Å². The van der Waals surface area contributed by atoms with E-state index in [0.717, 1.165) is 26.2 Å². The lowest BCUT2D eigenvalue weighted by Crippen LogP contribution is -2.20. The number of fused-ring (bicyclic) bond motifs is 5. The van der Waals surface area contributed by atoms with Gasteiger partial charge < -0.3 is 29.6 Å². The molecule has 0 heterocycles. The molecule has 0 aromatic rings. The zero-order valence-corrected chi connectivity index (χ0v) is 22.1. The SMILES string of the molecule is C1CC2C3CCC(C3)C2C1.CCNCCOCCOC(C)=O.CCNCCOCCOC(C)=O. The Kier molecular flexibility index (Phi) is 18.1. The van der Waals surface area contributed by atoms with Crippen molar-refractivity contribution in [2.24, 2.45) is 23.7 Å². The molecule has 34 heavy (non-hydrogen) atoms. The van der Waals surface area contributed by atoms with Gasteiger partial charge in [0.15, 0.2) is 0 Å². The second-order valence-corrected chi connectivity index (χ2v) is 9.20. The van der Waals surface area contributed by atoms with Crippen molar-refractivity contribution < 1.29 is 28.5 Å². The number of esters is 2. The summed E-state index contributed by atoms with van der Waals surface area (Å²) in [6.45, 7) is 13.4. The van der Waals surface area contributed by atoms with Crippen LogP contribution in [0.3, 0.4) is 0 Å². The van der Waals surface area contributed by atoms with Gasteiger partial charge >= 0.3 is 11.9 Å². The summed E-state index contributed by atoms with van der Waals surface area (Å²) in [4.78, 5) is 20.6. The Bertz CT molecular complexity index is 489. The molecule has 0 aliphatic heterocycles. The minimum absolute atomic E-state index is 0.259. The van der Waals surface area contributed by atoms with Crippen molar-refractivity contribution in [3.63, 3.8) is 0 Å². The van der Waals surface area contributed by atoms with E-state index in [1.54, 1.807) is 38.5 Å². The maximum atomic E-state index is 10.3. The van der Waals surface area contributed by atoms with Crippen molar-refractivity contribution in [1.29, 1.82) is 0 Å². The van der Waals surface area contributed by atoms with Crippen molar-refractivity contribution in [3.8, 4) is 0 Å². The van der Waals surface area contributed by atoms with E-state index in [1.165, 1.54) is 37.5 Å². The fraction of sp³-hybridized carbons (Fsp3) is 0.923. The van der Waals surface area contributed by atoms with E-state index in [9.17, 15) is 9.59 Å². The van der Waals surface area contributed by atoms with Crippen LogP contribution in [0.4, 0.5) is 0 Å². The predicted molar refractivity (Wildman–Crippen MR) is 134 cm³/mol. The summed E-state index contributed by atoms with van der Waals surface area (Å²) in [5.74, 6) is 4.28. The molecule has 3 aliphatic carbocycles. The highest BCUT2D eigenvalue weighted by molar-refractivity contribution is 5.66. The molecule has 0 aromatic heterocycles. The molecule has 0 spiro atoms. The van der Waals surface area contributed by atoms with E-state index in [0.29, 0.717) is 39.6 Å². The van der Waals surface area contributed by atoms with Gasteiger partial charge in [-0.15, -0.1) is 0 Å². The van der Waals surface area contributed by atoms with Crippen LogP contribution < -0.4 is 10.6 Å². The highest BCUT2D eigenvalue weighted by atomic mass is 16.6. The molecule has 8 nitrogen and oxygen atoms in total. The smallest absolute Gasteiger partial charge is 0.302 e. The first-order valence-electron chi connectivity index (χ1n) is 13.3. The Hall–Kier alpha value is -1.22. The Labute approximate surface area is 207 Å². The van der Waals surface area contributed by atoms with Crippen LogP contribution in [0.2, 0.25) is 0 Å². The summed E-state index contributed by atoms with van der Waals surface area (Å²) in [6, 6.07) is 0. The third-order valence-electron chi connectivity index (χ3n) is 6.76. The lowest BCUT2D eigenvalue weighted by atomic mass is 9.82. The van der Waals surface area contributed by atoms with Gasteiger partial charge in [0.05, 0.1) is 26.4 Å². The fourth-order valence-electron chi connectivity index (χ4n) is 5.35. The fourth-order valence-corrected chi connectivity index (χ4v) is 5.35. The van der Waals surface area contributed by atoms with Crippen molar-refractivity contribution in [2.75, 3.05) is 65.8 Å². The van der Waals surface area contributed by atoms with Crippen LogP contribution in [0.15, 0.2) is 0 Å². The largest absolute Gasteiger partial charge is 0.463 e. The Balaban J connectivity index is 0.000000255. The standard InChI is InChI=1S/C10H16.2C8H17NO3/c1-2-9-7-4-5-8(6-7)10(9)3-1;2*1-3-9-4-5-11-6-7-12-8(2)10/h7-10H,1-6H2;2*9H,3-7H2,1-2H3. The van der Waals surface area contributed by atoms with E-state index in [4.69, 9.17) is 9.47 Å². The number of hydrogen-bond acceptors (Lipinski definition) is 8. The number of nitrogens with one attached hydrogen (secondary N) is 2. The molecule has 8 heteroatoms. The summed E-state index contributed by atoms with van der Waals surface area (Å²) in [5, 5.41) is 6.23. The van der Waals surface area contributed by atoms with Gasteiger partial charge in [-0.3, -0.25) is 9.59 Å². The second kappa shape index (κ2) is 20.0. The number of hydrogen-bond donors (Lipinski definition) is 2. The van der Waals surface area contributed by atoms with Gasteiger partial charge in [0.2, 0.25) is 0 Å². The van der Waals surface area contributed by atoms with Crippen LogP contribution in [0.25, 0.3) is 0 Å². The molecule has 2 bridgehead atoms. The van der Waals surface area contributed by atoms with Gasteiger partial charge in [-0.1, -0.05) is 20.3 Å². The molecule has 3 fully saturated rings. The Morgan fingerprint density at radius 1 is 0.676 bits per heavy atom. The molecule has 0 amide bonds. The molecule has 2 N–H and O–H groups in total. The maximum absolute atomic E-state index is 10.3. The van der Waals surface area contributed by atoms with E-state index < -0.39 is 0 Å². The van der Waals surface area contributed by atoms with Gasteiger partial charge in [0, 0.05) is 26.9 Å². The van der Waals surface area contributed by atoms with Crippen molar-refractivity contribution in [2.45, 2.75) is 66.2 Å². The lowest BCUT2D eigenvalue weighted by Gasteiger charge is -2.23. The number of likely N-dealkylation sites (N-methyl/N-ethyl adjacent to an activating group) is 2. The van der Waals surface area contributed by atoms with E-state index in [-0.39, 0.29) is 11.9 Å². The third kappa shape index (κ3) is 14.2. The molecule has 3 saturated carbocycles. The van der Waals surface area contributed by atoms with Crippen molar-refractivity contribution in [1.82, 2.24) is 10.6 Å².